The van der Waals surface area contributed by atoms with Crippen LogP contribution in [0.15, 0.2) is 34.7 Å². The molecule has 2 aliphatic rings. The minimum absolute atomic E-state index is 0.0228. The number of hydrogen-bond acceptors (Lipinski definition) is 5. The summed E-state index contributed by atoms with van der Waals surface area (Å²) in [5.74, 6) is 0.385. The van der Waals surface area contributed by atoms with Crippen molar-refractivity contribution in [3.05, 3.63) is 30.3 Å². The molecule has 7 heteroatoms. The minimum atomic E-state index is -0.671. The lowest BCUT2D eigenvalue weighted by molar-refractivity contribution is -0.133. The summed E-state index contributed by atoms with van der Waals surface area (Å²) in [5.41, 5.74) is 0.693. The van der Waals surface area contributed by atoms with Crippen molar-refractivity contribution >= 4 is 11.9 Å². The van der Waals surface area contributed by atoms with E-state index >= 15 is 0 Å². The van der Waals surface area contributed by atoms with E-state index in [2.05, 4.69) is 15.5 Å². The molecule has 0 radical (unpaired) electrons. The summed E-state index contributed by atoms with van der Waals surface area (Å²) in [5, 5.41) is 10.9. The van der Waals surface area contributed by atoms with E-state index in [0.717, 1.165) is 18.4 Å². The zero-order chi connectivity index (χ0) is 17.4. The van der Waals surface area contributed by atoms with Gasteiger partial charge in [-0.1, -0.05) is 23.3 Å². The SMILES string of the molecule is C[C@H](Nc1nnc(-c2ccccc2)o1)C(=O)N1CCC2(CC1)C[C@H]2F. The molecule has 1 aliphatic heterocycles. The maximum atomic E-state index is 13.4. The standard InChI is InChI=1S/C18H21FN4O2/c1-12(16(24)23-9-7-18(8-10-23)11-14(18)19)20-17-22-21-15(25-17)13-5-3-2-4-6-13/h2-6,12,14H,7-11H2,1H3,(H,20,22)/t12-,14+/m0/s1. The van der Waals surface area contributed by atoms with Gasteiger partial charge in [0.25, 0.3) is 0 Å². The minimum Gasteiger partial charge on any atom is -0.403 e. The number of halogens is 1. The van der Waals surface area contributed by atoms with Crippen LogP contribution >= 0.6 is 0 Å². The third kappa shape index (κ3) is 3.10. The first-order chi connectivity index (χ1) is 12.1. The highest BCUT2D eigenvalue weighted by molar-refractivity contribution is 5.83. The van der Waals surface area contributed by atoms with Gasteiger partial charge in [-0.25, -0.2) is 4.39 Å². The molecule has 2 fully saturated rings. The van der Waals surface area contributed by atoms with Crippen LogP contribution < -0.4 is 5.32 Å². The molecule has 1 amide bonds. The fourth-order valence-electron chi connectivity index (χ4n) is 3.49. The van der Waals surface area contributed by atoms with Gasteiger partial charge in [0.2, 0.25) is 11.8 Å². The fraction of sp³-hybridized carbons (Fsp3) is 0.500. The van der Waals surface area contributed by atoms with E-state index in [1.54, 1.807) is 11.8 Å². The first-order valence-corrected chi connectivity index (χ1v) is 8.66. The zero-order valence-electron chi connectivity index (χ0n) is 14.1. The molecule has 1 N–H and O–H groups in total. The lowest BCUT2D eigenvalue weighted by Gasteiger charge is -2.33. The van der Waals surface area contributed by atoms with Crippen molar-refractivity contribution in [1.82, 2.24) is 15.1 Å². The van der Waals surface area contributed by atoms with E-state index in [0.29, 0.717) is 25.4 Å². The maximum Gasteiger partial charge on any atom is 0.316 e. The summed E-state index contributed by atoms with van der Waals surface area (Å²) in [6.07, 6.45) is 1.50. The quantitative estimate of drug-likeness (QED) is 0.923. The third-order valence-corrected chi connectivity index (χ3v) is 5.32. The van der Waals surface area contributed by atoms with Gasteiger partial charge < -0.3 is 14.6 Å². The summed E-state index contributed by atoms with van der Waals surface area (Å²) in [6, 6.07) is 9.21. The van der Waals surface area contributed by atoms with Crippen LogP contribution in [0.25, 0.3) is 11.5 Å². The van der Waals surface area contributed by atoms with Gasteiger partial charge in [-0.2, -0.15) is 0 Å². The number of aromatic nitrogens is 2. The van der Waals surface area contributed by atoms with Crippen LogP contribution in [-0.4, -0.2) is 46.3 Å². The van der Waals surface area contributed by atoms with Gasteiger partial charge in [0, 0.05) is 24.1 Å². The fourth-order valence-corrected chi connectivity index (χ4v) is 3.49. The molecule has 2 atom stereocenters. The predicted molar refractivity (Wildman–Crippen MR) is 90.6 cm³/mol. The molecule has 1 spiro atoms. The Kier molecular flexibility index (Phi) is 3.94. The Hall–Kier alpha value is -2.44. The maximum absolute atomic E-state index is 13.4. The summed E-state index contributed by atoms with van der Waals surface area (Å²) >= 11 is 0. The van der Waals surface area contributed by atoms with Crippen molar-refractivity contribution < 1.29 is 13.6 Å². The normalized spacial score (nSPS) is 22.6. The molecule has 6 nitrogen and oxygen atoms in total. The molecule has 0 unspecified atom stereocenters. The highest BCUT2D eigenvalue weighted by Gasteiger charge is 2.56. The summed E-state index contributed by atoms with van der Waals surface area (Å²) in [6.45, 7) is 3.00. The number of anilines is 1. The zero-order valence-corrected chi connectivity index (χ0v) is 14.1. The Bertz CT molecular complexity index is 755. The van der Waals surface area contributed by atoms with E-state index in [4.69, 9.17) is 4.42 Å². The Morgan fingerprint density at radius 3 is 2.64 bits per heavy atom. The number of hydrogen-bond donors (Lipinski definition) is 1. The second kappa shape index (κ2) is 6.13. The van der Waals surface area contributed by atoms with Crippen LogP contribution in [0.1, 0.15) is 26.2 Å². The van der Waals surface area contributed by atoms with Crippen molar-refractivity contribution in [3.8, 4) is 11.5 Å². The van der Waals surface area contributed by atoms with Gasteiger partial charge in [0.15, 0.2) is 0 Å². The molecule has 1 saturated carbocycles. The van der Waals surface area contributed by atoms with E-state index in [9.17, 15) is 9.18 Å². The highest BCUT2D eigenvalue weighted by Crippen LogP contribution is 2.55. The molecular weight excluding hydrogens is 323 g/mol. The van der Waals surface area contributed by atoms with Crippen molar-refractivity contribution in [1.29, 1.82) is 0 Å². The number of carbonyl (C=O) groups is 1. The van der Waals surface area contributed by atoms with Crippen LogP contribution in [0, 0.1) is 5.41 Å². The number of nitrogens with one attached hydrogen (secondary N) is 1. The molecule has 1 aromatic heterocycles. The van der Waals surface area contributed by atoms with E-state index < -0.39 is 12.2 Å². The number of benzene rings is 1. The Morgan fingerprint density at radius 2 is 2.00 bits per heavy atom. The molecule has 0 bridgehead atoms. The Morgan fingerprint density at radius 1 is 1.32 bits per heavy atom. The van der Waals surface area contributed by atoms with Crippen LogP contribution in [0.3, 0.4) is 0 Å². The lowest BCUT2D eigenvalue weighted by Crippen LogP contribution is -2.46. The van der Waals surface area contributed by atoms with E-state index in [1.807, 2.05) is 30.3 Å². The number of piperidine rings is 1. The predicted octanol–water partition coefficient (Wildman–Crippen LogP) is 2.89. The second-order valence-corrected chi connectivity index (χ2v) is 7.00. The van der Waals surface area contributed by atoms with Gasteiger partial charge >= 0.3 is 6.01 Å². The van der Waals surface area contributed by atoms with Crippen LogP contribution in [0.4, 0.5) is 10.4 Å². The molecule has 1 aliphatic carbocycles. The van der Waals surface area contributed by atoms with Gasteiger partial charge in [-0.05, 0) is 38.3 Å². The largest absolute Gasteiger partial charge is 0.403 e. The van der Waals surface area contributed by atoms with Crippen molar-refractivity contribution in [2.75, 3.05) is 18.4 Å². The number of nitrogens with zero attached hydrogens (tertiary/aromatic N) is 3. The Balaban J connectivity index is 1.35. The van der Waals surface area contributed by atoms with Gasteiger partial charge in [0.1, 0.15) is 12.2 Å². The highest BCUT2D eigenvalue weighted by atomic mass is 19.1. The molecular formula is C18H21FN4O2. The van der Waals surface area contributed by atoms with Crippen LogP contribution in [0.5, 0.6) is 0 Å². The Labute approximate surface area is 145 Å². The molecule has 1 aromatic carbocycles. The van der Waals surface area contributed by atoms with E-state index in [1.165, 1.54) is 0 Å². The molecule has 4 rings (SSSR count). The summed E-state index contributed by atoms with van der Waals surface area (Å²) < 4.78 is 19.0. The van der Waals surface area contributed by atoms with Crippen molar-refractivity contribution in [3.63, 3.8) is 0 Å². The topological polar surface area (TPSA) is 71.3 Å². The molecule has 25 heavy (non-hydrogen) atoms. The average Bonchev–Trinajstić information content (AvgIpc) is 3.05. The molecule has 132 valence electrons. The number of alkyl halides is 1. The third-order valence-electron chi connectivity index (χ3n) is 5.32. The molecule has 2 aromatic rings. The van der Waals surface area contributed by atoms with E-state index in [-0.39, 0.29) is 17.3 Å². The molecule has 2 heterocycles. The van der Waals surface area contributed by atoms with Crippen LogP contribution in [0.2, 0.25) is 0 Å². The van der Waals surface area contributed by atoms with Gasteiger partial charge in [-0.3, -0.25) is 4.79 Å². The summed E-state index contributed by atoms with van der Waals surface area (Å²) in [7, 11) is 0. The lowest BCUT2D eigenvalue weighted by atomic mass is 9.93. The van der Waals surface area contributed by atoms with Crippen molar-refractivity contribution in [2.24, 2.45) is 5.41 Å². The first kappa shape index (κ1) is 16.1. The van der Waals surface area contributed by atoms with Gasteiger partial charge in [0.05, 0.1) is 0 Å². The first-order valence-electron chi connectivity index (χ1n) is 8.66. The van der Waals surface area contributed by atoms with Gasteiger partial charge in [-0.15, -0.1) is 5.10 Å². The number of carbonyl (C=O) groups excluding carboxylic acids is 1. The number of rotatable bonds is 4. The van der Waals surface area contributed by atoms with Crippen LogP contribution in [-0.2, 0) is 4.79 Å². The molecule has 1 saturated heterocycles. The number of likely N-dealkylation sites (tertiary alicyclic amines) is 1. The smallest absolute Gasteiger partial charge is 0.316 e. The summed E-state index contributed by atoms with van der Waals surface area (Å²) in [4.78, 5) is 14.4. The second-order valence-electron chi connectivity index (χ2n) is 7.00. The monoisotopic (exact) mass is 344 g/mol. The van der Waals surface area contributed by atoms with Crippen molar-refractivity contribution in [2.45, 2.75) is 38.4 Å². The number of amides is 1. The average molecular weight is 344 g/mol.